The lowest BCUT2D eigenvalue weighted by Crippen LogP contribution is -2.37. The Hall–Kier alpha value is -3.12. The second kappa shape index (κ2) is 9.79. The number of morpholine rings is 1. The summed E-state index contributed by atoms with van der Waals surface area (Å²) in [6.45, 7) is 7.76. The first-order valence-corrected chi connectivity index (χ1v) is 10.9. The molecule has 6 nitrogen and oxygen atoms in total. The number of carbonyl (C=O) groups excluding carboxylic acids is 1. The lowest BCUT2D eigenvalue weighted by molar-refractivity contribution is -0.132. The van der Waals surface area contributed by atoms with E-state index in [2.05, 4.69) is 29.1 Å². The van der Waals surface area contributed by atoms with Crippen molar-refractivity contribution in [3.05, 3.63) is 71.3 Å². The Morgan fingerprint density at radius 2 is 1.84 bits per heavy atom. The summed E-state index contributed by atoms with van der Waals surface area (Å²) >= 11 is 0. The van der Waals surface area contributed by atoms with Gasteiger partial charge in [0.05, 0.1) is 25.3 Å². The lowest BCUT2D eigenvalue weighted by atomic mass is 10.0. The van der Waals surface area contributed by atoms with Crippen LogP contribution in [0, 0.1) is 6.92 Å². The number of nitrogens with zero attached hydrogens (tertiary/aromatic N) is 3. The molecule has 0 bridgehead atoms. The molecule has 0 radical (unpaired) electrons. The average Bonchev–Trinajstić information content (AvgIpc) is 3.23. The van der Waals surface area contributed by atoms with Crippen molar-refractivity contribution in [2.45, 2.75) is 33.4 Å². The summed E-state index contributed by atoms with van der Waals surface area (Å²) in [5.74, 6) is 0.843. The van der Waals surface area contributed by atoms with Gasteiger partial charge in [-0.25, -0.2) is 0 Å². The highest BCUT2D eigenvalue weighted by atomic mass is 16.5. The Morgan fingerprint density at radius 3 is 2.55 bits per heavy atom. The number of rotatable bonds is 7. The van der Waals surface area contributed by atoms with Crippen LogP contribution in [0.15, 0.2) is 59.1 Å². The maximum absolute atomic E-state index is 12.9. The van der Waals surface area contributed by atoms with Crippen LogP contribution in [0.5, 0.6) is 0 Å². The second-order valence-corrected chi connectivity index (χ2v) is 7.87. The largest absolute Gasteiger partial charge is 0.378 e. The molecule has 1 aliphatic heterocycles. The Kier molecular flexibility index (Phi) is 6.67. The highest BCUT2D eigenvalue weighted by molar-refractivity contribution is 5.77. The maximum Gasteiger partial charge on any atom is 0.233 e. The fraction of sp³-hybridized carbons (Fsp3) is 0.360. The zero-order valence-electron chi connectivity index (χ0n) is 18.2. The third-order valence-corrected chi connectivity index (χ3v) is 5.58. The molecule has 6 heteroatoms. The molecule has 1 amide bonds. The van der Waals surface area contributed by atoms with Gasteiger partial charge in [-0.3, -0.25) is 4.79 Å². The molecule has 1 aromatic heterocycles. The minimum Gasteiger partial charge on any atom is -0.378 e. The molecule has 31 heavy (non-hydrogen) atoms. The van der Waals surface area contributed by atoms with Crippen LogP contribution in [0.3, 0.4) is 0 Å². The maximum atomic E-state index is 12.9. The zero-order valence-corrected chi connectivity index (χ0v) is 18.2. The SMILES string of the molecule is CCC(=O)N(Cc1ccccc1)Cc1c(-c2cccc(C)c2)noc1N1CCOCC1. The lowest BCUT2D eigenvalue weighted by Gasteiger charge is -2.28. The second-order valence-electron chi connectivity index (χ2n) is 7.87. The standard InChI is InChI=1S/C25H29N3O3/c1-3-23(29)28(17-20-9-5-4-6-10-20)18-22-24(21-11-7-8-19(2)16-21)26-31-25(22)27-12-14-30-15-13-27/h4-11,16H,3,12-15,17-18H2,1-2H3. The van der Waals surface area contributed by atoms with Crippen molar-refractivity contribution in [2.75, 3.05) is 31.2 Å². The van der Waals surface area contributed by atoms with Crippen LogP contribution in [0.1, 0.15) is 30.0 Å². The van der Waals surface area contributed by atoms with Gasteiger partial charge in [0.1, 0.15) is 5.69 Å². The molecule has 2 aromatic carbocycles. The van der Waals surface area contributed by atoms with Crippen molar-refractivity contribution in [1.82, 2.24) is 10.1 Å². The van der Waals surface area contributed by atoms with E-state index in [0.717, 1.165) is 46.9 Å². The summed E-state index contributed by atoms with van der Waals surface area (Å²) in [6.07, 6.45) is 0.449. The number of aryl methyl sites for hydroxylation is 1. The van der Waals surface area contributed by atoms with E-state index in [9.17, 15) is 4.79 Å². The van der Waals surface area contributed by atoms with Gasteiger partial charge >= 0.3 is 0 Å². The van der Waals surface area contributed by atoms with Gasteiger partial charge in [0.25, 0.3) is 0 Å². The van der Waals surface area contributed by atoms with Crippen LogP contribution in [-0.2, 0) is 22.6 Å². The molecule has 1 aliphatic rings. The van der Waals surface area contributed by atoms with Gasteiger partial charge in [-0.15, -0.1) is 0 Å². The van der Waals surface area contributed by atoms with Crippen LogP contribution >= 0.6 is 0 Å². The molecule has 0 aliphatic carbocycles. The van der Waals surface area contributed by atoms with Crippen LogP contribution in [-0.4, -0.2) is 42.3 Å². The molecule has 0 unspecified atom stereocenters. The highest BCUT2D eigenvalue weighted by Crippen LogP contribution is 2.33. The van der Waals surface area contributed by atoms with Crippen LogP contribution in [0.25, 0.3) is 11.3 Å². The van der Waals surface area contributed by atoms with Gasteiger partial charge in [0, 0.05) is 31.6 Å². The Balaban J connectivity index is 1.72. The van der Waals surface area contributed by atoms with Crippen LogP contribution in [0.4, 0.5) is 5.88 Å². The summed E-state index contributed by atoms with van der Waals surface area (Å²) < 4.78 is 11.4. The van der Waals surface area contributed by atoms with Crippen molar-refractivity contribution >= 4 is 11.8 Å². The molecule has 0 saturated carbocycles. The molecular weight excluding hydrogens is 390 g/mol. The van der Waals surface area contributed by atoms with Gasteiger partial charge < -0.3 is 19.1 Å². The predicted octanol–water partition coefficient (Wildman–Crippen LogP) is 4.43. The number of hydrogen-bond donors (Lipinski definition) is 0. The zero-order chi connectivity index (χ0) is 21.6. The van der Waals surface area contributed by atoms with Crippen molar-refractivity contribution in [3.63, 3.8) is 0 Å². The smallest absolute Gasteiger partial charge is 0.233 e. The number of anilines is 1. The molecule has 162 valence electrons. The molecule has 1 fully saturated rings. The fourth-order valence-electron chi connectivity index (χ4n) is 3.93. The fourth-order valence-corrected chi connectivity index (χ4v) is 3.93. The van der Waals surface area contributed by atoms with Gasteiger partial charge in [-0.05, 0) is 18.6 Å². The number of benzene rings is 2. The van der Waals surface area contributed by atoms with Crippen molar-refractivity contribution in [3.8, 4) is 11.3 Å². The van der Waals surface area contributed by atoms with E-state index in [0.29, 0.717) is 32.7 Å². The Labute approximate surface area is 183 Å². The normalized spacial score (nSPS) is 13.9. The summed E-state index contributed by atoms with van der Waals surface area (Å²) in [5.41, 5.74) is 5.01. The number of amides is 1. The van der Waals surface area contributed by atoms with Crippen molar-refractivity contribution < 1.29 is 14.1 Å². The first-order chi connectivity index (χ1) is 15.2. The number of hydrogen-bond acceptors (Lipinski definition) is 5. The molecule has 2 heterocycles. The topological polar surface area (TPSA) is 58.8 Å². The number of ether oxygens (including phenoxy) is 1. The summed E-state index contributed by atoms with van der Waals surface area (Å²) in [6, 6.07) is 18.3. The van der Waals surface area contributed by atoms with E-state index < -0.39 is 0 Å². The van der Waals surface area contributed by atoms with Gasteiger partial charge in [0.2, 0.25) is 11.8 Å². The molecular formula is C25H29N3O3. The summed E-state index contributed by atoms with van der Waals surface area (Å²) in [7, 11) is 0. The van der Waals surface area contributed by atoms with E-state index >= 15 is 0 Å². The molecule has 0 N–H and O–H groups in total. The Morgan fingerprint density at radius 1 is 1.06 bits per heavy atom. The third-order valence-electron chi connectivity index (χ3n) is 5.58. The van der Waals surface area contributed by atoms with Gasteiger partial charge in [-0.1, -0.05) is 66.2 Å². The Bertz CT molecular complexity index is 1010. The van der Waals surface area contributed by atoms with E-state index in [1.807, 2.05) is 54.3 Å². The molecule has 4 rings (SSSR count). The first-order valence-electron chi connectivity index (χ1n) is 10.9. The van der Waals surface area contributed by atoms with Crippen molar-refractivity contribution in [2.24, 2.45) is 0 Å². The van der Waals surface area contributed by atoms with Crippen LogP contribution in [0.2, 0.25) is 0 Å². The molecule has 1 saturated heterocycles. The van der Waals surface area contributed by atoms with E-state index in [4.69, 9.17) is 9.26 Å². The summed E-state index contributed by atoms with van der Waals surface area (Å²) in [5, 5.41) is 4.45. The monoisotopic (exact) mass is 419 g/mol. The predicted molar refractivity (Wildman–Crippen MR) is 121 cm³/mol. The van der Waals surface area contributed by atoms with Crippen molar-refractivity contribution in [1.29, 1.82) is 0 Å². The quantitative estimate of drug-likeness (QED) is 0.567. The van der Waals surface area contributed by atoms with Gasteiger partial charge in [0.15, 0.2) is 0 Å². The van der Waals surface area contributed by atoms with Gasteiger partial charge in [-0.2, -0.15) is 0 Å². The average molecular weight is 420 g/mol. The van der Waals surface area contributed by atoms with E-state index in [1.165, 1.54) is 0 Å². The molecule has 3 aromatic rings. The summed E-state index contributed by atoms with van der Waals surface area (Å²) in [4.78, 5) is 16.9. The first kappa shape index (κ1) is 21.1. The minimum atomic E-state index is 0.105. The van der Waals surface area contributed by atoms with Crippen LogP contribution < -0.4 is 4.90 Å². The van der Waals surface area contributed by atoms with E-state index in [-0.39, 0.29) is 5.91 Å². The van der Waals surface area contributed by atoms with E-state index in [1.54, 1.807) is 0 Å². The highest BCUT2D eigenvalue weighted by Gasteiger charge is 2.27. The number of aromatic nitrogens is 1. The molecule has 0 atom stereocenters. The number of carbonyl (C=O) groups is 1. The third kappa shape index (κ3) is 4.97. The molecule has 0 spiro atoms. The minimum absolute atomic E-state index is 0.105.